The number of aryl methyl sites for hydroxylation is 1. The minimum Gasteiger partial charge on any atom is -0.497 e. The van der Waals surface area contributed by atoms with E-state index in [0.29, 0.717) is 34.8 Å². The summed E-state index contributed by atoms with van der Waals surface area (Å²) < 4.78 is 37.8. The van der Waals surface area contributed by atoms with Gasteiger partial charge in [-0.25, -0.2) is 14.4 Å². The van der Waals surface area contributed by atoms with E-state index in [9.17, 15) is 23.6 Å². The van der Waals surface area contributed by atoms with Crippen molar-refractivity contribution >= 4 is 34.7 Å². The van der Waals surface area contributed by atoms with Crippen LogP contribution in [0.3, 0.4) is 0 Å². The third-order valence-electron chi connectivity index (χ3n) is 9.16. The normalized spacial score (nSPS) is 17.6. The average molecular weight is 740 g/mol. The Balaban J connectivity index is 1.17. The molecule has 0 unspecified atom stereocenters. The van der Waals surface area contributed by atoms with Crippen molar-refractivity contribution in [1.29, 1.82) is 0 Å². The number of amides is 4. The number of nitrogens with zero attached hydrogens (tertiary/aromatic N) is 4. The maximum atomic E-state index is 15.0. The maximum absolute atomic E-state index is 15.0. The molecule has 4 amide bonds. The largest absolute Gasteiger partial charge is 0.497 e. The Labute approximate surface area is 308 Å². The summed E-state index contributed by atoms with van der Waals surface area (Å²) in [5, 5.41) is 5.77. The molecule has 3 aromatic carbocycles. The number of hydrogen-bond donors (Lipinski definition) is 3. The lowest BCUT2D eigenvalue weighted by Crippen LogP contribution is -2.49. The molecule has 54 heavy (non-hydrogen) atoms. The highest BCUT2D eigenvalue weighted by Gasteiger charge is 2.39. The number of aromatic amines is 1. The molecule has 2 atom stereocenters. The number of ether oxygens (including phenoxy) is 3. The molecule has 2 aromatic heterocycles. The molecule has 2 aliphatic rings. The van der Waals surface area contributed by atoms with Gasteiger partial charge in [0.05, 0.1) is 50.0 Å². The maximum Gasteiger partial charge on any atom is 0.276 e. The fraction of sp³-hybridized carbons (Fsp3) is 0.316. The van der Waals surface area contributed by atoms with Crippen LogP contribution >= 0.6 is 0 Å². The molecular weight excluding hydrogens is 701 g/mol. The van der Waals surface area contributed by atoms with Crippen LogP contribution in [-0.4, -0.2) is 93.8 Å². The Morgan fingerprint density at radius 3 is 2.69 bits per heavy atom. The van der Waals surface area contributed by atoms with Crippen LogP contribution in [0.5, 0.6) is 17.2 Å². The summed E-state index contributed by atoms with van der Waals surface area (Å²) in [7, 11) is 1.57. The summed E-state index contributed by atoms with van der Waals surface area (Å²) >= 11 is 0. The number of oxazole rings is 1. The molecule has 1 saturated heterocycles. The van der Waals surface area contributed by atoms with Crippen molar-refractivity contribution in [3.8, 4) is 17.2 Å². The minimum atomic E-state index is -0.669. The van der Waals surface area contributed by atoms with E-state index in [1.165, 1.54) is 46.5 Å². The number of aromatic nitrogens is 3. The molecule has 280 valence electrons. The molecule has 7 rings (SSSR count). The SMILES string of the molecule is CCCN1CC(=O)N[C@@H]2CN(C(=O)c3ncoc3C)C[C@H]2OCc2cc(F)cc(c2)Oc2cc(C(=O)NCc3nc4ccc(OC)cc4[nH]3)cc(c2)C1=O. The number of nitrogens with one attached hydrogen (secondary N) is 3. The van der Waals surface area contributed by atoms with Gasteiger partial charge in [-0.15, -0.1) is 0 Å². The summed E-state index contributed by atoms with van der Waals surface area (Å²) in [6, 6.07) is 13.1. The number of halogens is 1. The standard InChI is InChI=1S/C38H38FN7O8/c1-4-7-45-18-34(47)44-31-16-46(38(50)35-21(2)53-20-41-35)17-32(31)52-19-22-8-25(39)13-27(9-22)54-28-11-23(10-24(12-28)37(45)49)36(48)40-15-33-42-29-6-5-26(51-3)14-30(29)43-33/h5-6,8-14,20,31-32H,4,7,15-19H2,1-3H3,(H,40,48)(H,42,43)(H,44,47)/t31-,32-/m1/s1. The molecule has 15 nitrogen and oxygen atoms in total. The first-order chi connectivity index (χ1) is 26.1. The van der Waals surface area contributed by atoms with Crippen LogP contribution in [0, 0.1) is 12.7 Å². The molecule has 2 aliphatic heterocycles. The number of imidazole rings is 1. The second-order valence-electron chi connectivity index (χ2n) is 13.1. The Morgan fingerprint density at radius 1 is 1.07 bits per heavy atom. The van der Waals surface area contributed by atoms with Crippen molar-refractivity contribution in [3.63, 3.8) is 0 Å². The molecule has 0 saturated carbocycles. The number of hydrogen-bond acceptors (Lipinski definition) is 10. The van der Waals surface area contributed by atoms with Gasteiger partial charge in [0.25, 0.3) is 17.7 Å². The summed E-state index contributed by atoms with van der Waals surface area (Å²) in [6.45, 7) is 3.61. The van der Waals surface area contributed by atoms with Crippen LogP contribution in [-0.2, 0) is 22.7 Å². The van der Waals surface area contributed by atoms with Gasteiger partial charge < -0.3 is 44.0 Å². The van der Waals surface area contributed by atoms with Crippen LogP contribution in [0.15, 0.2) is 65.4 Å². The number of carbonyl (C=O) groups is 4. The topological polar surface area (TPSA) is 181 Å². The van der Waals surface area contributed by atoms with E-state index in [0.717, 1.165) is 5.52 Å². The summed E-state index contributed by atoms with van der Waals surface area (Å²) in [6.07, 6.45) is 1.05. The molecule has 4 bridgehead atoms. The number of likely N-dealkylation sites (tertiary alicyclic amines) is 1. The molecule has 5 aromatic rings. The molecule has 1 fully saturated rings. The van der Waals surface area contributed by atoms with Crippen LogP contribution in [0.2, 0.25) is 0 Å². The number of fused-ring (bicyclic) bond motifs is 6. The monoisotopic (exact) mass is 739 g/mol. The first-order valence-electron chi connectivity index (χ1n) is 17.4. The molecule has 0 radical (unpaired) electrons. The number of rotatable bonds is 7. The number of methoxy groups -OCH3 is 1. The van der Waals surface area contributed by atoms with Crippen molar-refractivity contribution in [3.05, 3.63) is 101 Å². The van der Waals surface area contributed by atoms with Gasteiger partial charge in [-0.3, -0.25) is 19.2 Å². The second-order valence-corrected chi connectivity index (χ2v) is 13.1. The highest BCUT2D eigenvalue weighted by Crippen LogP contribution is 2.29. The lowest BCUT2D eigenvalue weighted by molar-refractivity contribution is -0.123. The first-order valence-corrected chi connectivity index (χ1v) is 17.4. The molecule has 0 spiro atoms. The fourth-order valence-corrected chi connectivity index (χ4v) is 6.57. The third kappa shape index (κ3) is 7.88. The van der Waals surface area contributed by atoms with Crippen molar-refractivity contribution in [2.75, 3.05) is 33.3 Å². The van der Waals surface area contributed by atoms with Gasteiger partial charge in [-0.2, -0.15) is 0 Å². The Bertz CT molecular complexity index is 2240. The summed E-state index contributed by atoms with van der Waals surface area (Å²) in [5.41, 5.74) is 2.17. The van der Waals surface area contributed by atoms with Crippen molar-refractivity contribution in [2.24, 2.45) is 0 Å². The highest BCUT2D eigenvalue weighted by atomic mass is 19.1. The van der Waals surface area contributed by atoms with Gasteiger partial charge in [-0.05, 0) is 61.4 Å². The van der Waals surface area contributed by atoms with Gasteiger partial charge in [0, 0.05) is 42.9 Å². The Hall–Kier alpha value is -6.29. The second kappa shape index (κ2) is 15.4. The van der Waals surface area contributed by atoms with E-state index in [4.69, 9.17) is 18.6 Å². The van der Waals surface area contributed by atoms with Crippen LogP contribution in [0.25, 0.3) is 11.0 Å². The van der Waals surface area contributed by atoms with Crippen molar-refractivity contribution in [2.45, 2.75) is 45.6 Å². The fourth-order valence-electron chi connectivity index (χ4n) is 6.57. The molecule has 3 N–H and O–H groups in total. The lowest BCUT2D eigenvalue weighted by atomic mass is 10.1. The van der Waals surface area contributed by atoms with Crippen molar-refractivity contribution in [1.82, 2.24) is 35.4 Å². The smallest absolute Gasteiger partial charge is 0.276 e. The minimum absolute atomic E-state index is 0.0446. The third-order valence-corrected chi connectivity index (χ3v) is 9.16. The van der Waals surface area contributed by atoms with E-state index >= 15 is 0 Å². The predicted octanol–water partition coefficient (Wildman–Crippen LogP) is 4.12. The van der Waals surface area contributed by atoms with Gasteiger partial charge in [-0.1, -0.05) is 6.92 Å². The number of carbonyl (C=O) groups excluding carboxylic acids is 4. The lowest BCUT2D eigenvalue weighted by Gasteiger charge is -2.25. The van der Waals surface area contributed by atoms with Crippen LogP contribution < -0.4 is 20.1 Å². The van der Waals surface area contributed by atoms with Gasteiger partial charge in [0.1, 0.15) is 34.7 Å². The van der Waals surface area contributed by atoms with E-state index in [1.54, 1.807) is 38.3 Å². The van der Waals surface area contributed by atoms with E-state index in [2.05, 4.69) is 25.6 Å². The summed E-state index contributed by atoms with van der Waals surface area (Å²) in [5.74, 6) is -0.815. The Kier molecular flexibility index (Phi) is 10.3. The quantitative estimate of drug-likeness (QED) is 0.220. The number of H-pyrrole nitrogens is 1. The zero-order chi connectivity index (χ0) is 37.9. The Morgan fingerprint density at radius 2 is 1.91 bits per heavy atom. The van der Waals surface area contributed by atoms with Crippen LogP contribution in [0.1, 0.15) is 61.7 Å². The van der Waals surface area contributed by atoms with E-state index in [-0.39, 0.29) is 73.6 Å². The van der Waals surface area contributed by atoms with Gasteiger partial charge >= 0.3 is 0 Å². The first kappa shape index (κ1) is 36.1. The van der Waals surface area contributed by atoms with Gasteiger partial charge in [0.15, 0.2) is 12.1 Å². The molecule has 4 heterocycles. The summed E-state index contributed by atoms with van der Waals surface area (Å²) in [4.78, 5) is 69.1. The number of benzene rings is 3. The highest BCUT2D eigenvalue weighted by molar-refractivity contribution is 6.01. The molecule has 0 aliphatic carbocycles. The van der Waals surface area contributed by atoms with E-state index in [1.807, 2.05) is 6.92 Å². The zero-order valence-electron chi connectivity index (χ0n) is 29.8. The molecule has 16 heteroatoms. The van der Waals surface area contributed by atoms with Crippen LogP contribution in [0.4, 0.5) is 4.39 Å². The molecular formula is C38H38FN7O8. The average Bonchev–Trinajstić information content (AvgIpc) is 3.89. The zero-order valence-corrected chi connectivity index (χ0v) is 29.8. The van der Waals surface area contributed by atoms with Gasteiger partial charge in [0.2, 0.25) is 5.91 Å². The predicted molar refractivity (Wildman–Crippen MR) is 191 cm³/mol. The van der Waals surface area contributed by atoms with E-state index < -0.39 is 35.7 Å². The van der Waals surface area contributed by atoms with Crippen molar-refractivity contribution < 1.29 is 42.2 Å².